The third kappa shape index (κ3) is 4.39. The lowest BCUT2D eigenvalue weighted by molar-refractivity contribution is -0.122. The number of benzene rings is 1. The van der Waals surface area contributed by atoms with E-state index in [9.17, 15) is 9.90 Å². The summed E-state index contributed by atoms with van der Waals surface area (Å²) in [4.78, 5) is 11.3. The molecule has 0 heterocycles. The van der Waals surface area contributed by atoms with Crippen molar-refractivity contribution >= 4 is 17.5 Å². The molecule has 5 heteroatoms. The van der Waals surface area contributed by atoms with Gasteiger partial charge in [0, 0.05) is 6.54 Å². The molecule has 1 atom stereocenters. The van der Waals surface area contributed by atoms with Gasteiger partial charge in [-0.25, -0.2) is 0 Å². The Bertz CT molecular complexity index is 432. The van der Waals surface area contributed by atoms with E-state index in [1.165, 1.54) is 0 Å². The summed E-state index contributed by atoms with van der Waals surface area (Å²) < 4.78 is 5.27. The Kier molecular flexibility index (Phi) is 5.68. The van der Waals surface area contributed by atoms with Crippen LogP contribution in [0.25, 0.3) is 0 Å². The molecule has 2 N–H and O–H groups in total. The van der Waals surface area contributed by atoms with Gasteiger partial charge in [0.25, 0.3) is 5.91 Å². The average Bonchev–Trinajstić information content (AvgIpc) is 2.34. The monoisotopic (exact) mass is 269 g/mol. The summed E-state index contributed by atoms with van der Waals surface area (Å²) in [6.45, 7) is 5.43. The van der Waals surface area contributed by atoms with Crippen LogP contribution in [0.5, 0.6) is 5.75 Å². The normalized spacial score (nSPS) is 11.7. The van der Waals surface area contributed by atoms with Gasteiger partial charge in [-0.2, -0.15) is 0 Å². The van der Waals surface area contributed by atoms with E-state index in [0.717, 1.165) is 0 Å². The topological polar surface area (TPSA) is 58.6 Å². The van der Waals surface area contributed by atoms with E-state index in [1.807, 2.05) is 0 Å². The number of halogens is 1. The third-order valence-electron chi connectivity index (χ3n) is 2.24. The van der Waals surface area contributed by atoms with Crippen LogP contribution in [0.15, 0.2) is 30.9 Å². The minimum atomic E-state index is -0.590. The zero-order valence-corrected chi connectivity index (χ0v) is 10.9. The zero-order chi connectivity index (χ0) is 13.5. The van der Waals surface area contributed by atoms with Crippen LogP contribution in [0.4, 0.5) is 0 Å². The first-order valence-corrected chi connectivity index (χ1v) is 5.90. The van der Waals surface area contributed by atoms with Gasteiger partial charge in [0.05, 0.1) is 11.1 Å². The predicted octanol–water partition coefficient (Wildman–Crippen LogP) is 2.07. The lowest BCUT2D eigenvalue weighted by atomic mass is 10.1. The fraction of sp³-hybridized carbons (Fsp3) is 0.308. The molecule has 0 aliphatic carbocycles. The first-order chi connectivity index (χ1) is 8.54. The fourth-order valence-electron chi connectivity index (χ4n) is 1.27. The summed E-state index contributed by atoms with van der Waals surface area (Å²) in [6.07, 6.45) is 0.995. The van der Waals surface area contributed by atoms with Gasteiger partial charge in [0.1, 0.15) is 5.75 Å². The number of carbonyl (C=O) groups is 1. The summed E-state index contributed by atoms with van der Waals surface area (Å²) in [5.41, 5.74) is 0.698. The second-order valence-corrected chi connectivity index (χ2v) is 4.15. The molecule has 1 rings (SSSR count). The first kappa shape index (κ1) is 14.5. The van der Waals surface area contributed by atoms with Crippen LogP contribution < -0.4 is 10.1 Å². The van der Waals surface area contributed by atoms with Crippen LogP contribution in [-0.4, -0.2) is 24.2 Å². The molecular weight excluding hydrogens is 254 g/mol. The van der Waals surface area contributed by atoms with E-state index < -0.39 is 6.10 Å². The van der Waals surface area contributed by atoms with Crippen molar-refractivity contribution < 1.29 is 14.6 Å². The van der Waals surface area contributed by atoms with Crippen molar-refractivity contribution in [3.05, 3.63) is 41.4 Å². The second-order valence-electron chi connectivity index (χ2n) is 3.75. The molecular formula is C13H16ClNO3. The molecule has 1 amide bonds. The molecule has 0 bridgehead atoms. The van der Waals surface area contributed by atoms with Crippen LogP contribution in [0.2, 0.25) is 5.02 Å². The molecule has 1 unspecified atom stereocenters. The molecule has 0 aliphatic rings. The maximum atomic E-state index is 11.3. The molecule has 18 heavy (non-hydrogen) atoms. The number of hydrogen-bond donors (Lipinski definition) is 2. The van der Waals surface area contributed by atoms with Gasteiger partial charge in [0.15, 0.2) is 6.61 Å². The molecule has 0 fully saturated rings. The quantitative estimate of drug-likeness (QED) is 0.778. The van der Waals surface area contributed by atoms with Crippen molar-refractivity contribution in [1.29, 1.82) is 0 Å². The van der Waals surface area contributed by atoms with E-state index in [-0.39, 0.29) is 12.5 Å². The molecule has 0 saturated heterocycles. The lowest BCUT2D eigenvalue weighted by Gasteiger charge is -2.10. The van der Waals surface area contributed by atoms with Gasteiger partial charge in [-0.15, -0.1) is 6.58 Å². The number of aliphatic hydroxyl groups is 1. The van der Waals surface area contributed by atoms with Gasteiger partial charge >= 0.3 is 0 Å². The molecule has 1 aromatic carbocycles. The van der Waals surface area contributed by atoms with Crippen molar-refractivity contribution in [2.75, 3.05) is 13.2 Å². The number of carbonyl (C=O) groups excluding carboxylic acids is 1. The Morgan fingerprint density at radius 2 is 2.39 bits per heavy atom. The Balaban J connectivity index is 2.57. The van der Waals surface area contributed by atoms with Gasteiger partial charge < -0.3 is 15.2 Å². The SMILES string of the molecule is C=CCNC(=O)COc1ccc(C(C)O)cc1Cl. The van der Waals surface area contributed by atoms with Crippen molar-refractivity contribution in [2.24, 2.45) is 0 Å². The maximum absolute atomic E-state index is 11.3. The predicted molar refractivity (Wildman–Crippen MR) is 70.8 cm³/mol. The molecule has 98 valence electrons. The van der Waals surface area contributed by atoms with Crippen molar-refractivity contribution in [3.63, 3.8) is 0 Å². The van der Waals surface area contributed by atoms with Crippen LogP contribution in [0.3, 0.4) is 0 Å². The number of amides is 1. The molecule has 0 aromatic heterocycles. The van der Waals surface area contributed by atoms with E-state index in [2.05, 4.69) is 11.9 Å². The highest BCUT2D eigenvalue weighted by molar-refractivity contribution is 6.32. The van der Waals surface area contributed by atoms with Crippen LogP contribution >= 0.6 is 11.6 Å². The third-order valence-corrected chi connectivity index (χ3v) is 2.54. The Morgan fingerprint density at radius 1 is 1.67 bits per heavy atom. The van der Waals surface area contributed by atoms with Crippen molar-refractivity contribution in [1.82, 2.24) is 5.32 Å². The largest absolute Gasteiger partial charge is 0.482 e. The van der Waals surface area contributed by atoms with Gasteiger partial charge in [-0.3, -0.25) is 4.79 Å². The zero-order valence-electron chi connectivity index (χ0n) is 10.1. The van der Waals surface area contributed by atoms with Crippen molar-refractivity contribution in [3.8, 4) is 5.75 Å². The number of nitrogens with one attached hydrogen (secondary N) is 1. The highest BCUT2D eigenvalue weighted by atomic mass is 35.5. The molecule has 0 spiro atoms. The van der Waals surface area contributed by atoms with Gasteiger partial charge in [-0.05, 0) is 24.6 Å². The Hall–Kier alpha value is -1.52. The summed E-state index contributed by atoms with van der Waals surface area (Å²) in [6, 6.07) is 4.95. The number of hydrogen-bond acceptors (Lipinski definition) is 3. The van der Waals surface area contributed by atoms with Gasteiger partial charge in [-0.1, -0.05) is 23.7 Å². The standard InChI is InChI=1S/C13H16ClNO3/c1-3-6-15-13(17)8-18-12-5-4-10(9(2)16)7-11(12)14/h3-5,7,9,16H,1,6,8H2,2H3,(H,15,17). The van der Waals surface area contributed by atoms with Gasteiger partial charge in [0.2, 0.25) is 0 Å². The fourth-order valence-corrected chi connectivity index (χ4v) is 1.52. The minimum Gasteiger partial charge on any atom is -0.482 e. The first-order valence-electron chi connectivity index (χ1n) is 5.52. The number of aliphatic hydroxyl groups excluding tert-OH is 1. The molecule has 0 radical (unpaired) electrons. The molecule has 1 aromatic rings. The van der Waals surface area contributed by atoms with Crippen LogP contribution in [-0.2, 0) is 4.79 Å². The van der Waals surface area contributed by atoms with E-state index in [0.29, 0.717) is 22.9 Å². The highest BCUT2D eigenvalue weighted by Gasteiger charge is 2.08. The lowest BCUT2D eigenvalue weighted by Crippen LogP contribution is -2.28. The van der Waals surface area contributed by atoms with E-state index in [4.69, 9.17) is 16.3 Å². The van der Waals surface area contributed by atoms with Crippen molar-refractivity contribution in [2.45, 2.75) is 13.0 Å². The average molecular weight is 270 g/mol. The van der Waals surface area contributed by atoms with E-state index >= 15 is 0 Å². The van der Waals surface area contributed by atoms with Crippen LogP contribution in [0, 0.1) is 0 Å². The summed E-state index contributed by atoms with van der Waals surface area (Å²) in [5, 5.41) is 12.3. The smallest absolute Gasteiger partial charge is 0.258 e. The minimum absolute atomic E-state index is 0.110. The highest BCUT2D eigenvalue weighted by Crippen LogP contribution is 2.27. The molecule has 0 saturated carbocycles. The summed E-state index contributed by atoms with van der Waals surface area (Å²) in [5.74, 6) is 0.167. The molecule has 0 aliphatic heterocycles. The number of rotatable bonds is 6. The molecule has 4 nitrogen and oxygen atoms in total. The second kappa shape index (κ2) is 7.03. The number of ether oxygens (including phenoxy) is 1. The summed E-state index contributed by atoms with van der Waals surface area (Å²) in [7, 11) is 0. The summed E-state index contributed by atoms with van der Waals surface area (Å²) >= 11 is 5.98. The Morgan fingerprint density at radius 3 is 2.94 bits per heavy atom. The Labute approximate surface area is 111 Å². The maximum Gasteiger partial charge on any atom is 0.258 e. The van der Waals surface area contributed by atoms with Crippen LogP contribution in [0.1, 0.15) is 18.6 Å². The van der Waals surface area contributed by atoms with E-state index in [1.54, 1.807) is 31.2 Å².